The normalized spacial score (nSPS) is 11.8. The molecule has 3 aromatic carbocycles. The number of benzene rings is 3. The Morgan fingerprint density at radius 2 is 1.23 bits per heavy atom. The summed E-state index contributed by atoms with van der Waals surface area (Å²) in [5, 5.41) is 12.2. The van der Waals surface area contributed by atoms with Gasteiger partial charge in [0.25, 0.3) is 0 Å². The van der Waals surface area contributed by atoms with Crippen LogP contribution in [0.15, 0.2) is 60.8 Å². The third-order valence-corrected chi connectivity index (χ3v) is 4.77. The Hall–Kier alpha value is -2.32. The Kier molecular flexibility index (Phi) is 5.33. The second kappa shape index (κ2) is 7.51. The van der Waals surface area contributed by atoms with E-state index in [9.17, 15) is 0 Å². The fraction of sp³-hybridized carbons (Fsp3) is 0.333. The topological polar surface area (TPSA) is 24.1 Å². The zero-order valence-electron chi connectivity index (χ0n) is 16.4. The lowest BCUT2D eigenvalue weighted by molar-refractivity contribution is 0.398. The number of allylic oxidation sites excluding steroid dienone is 1. The molecular formula is C24H30N2. The van der Waals surface area contributed by atoms with Crippen molar-refractivity contribution in [1.82, 2.24) is 10.6 Å². The monoisotopic (exact) mass is 346 g/mol. The zero-order chi connectivity index (χ0) is 18.7. The number of hydrogen-bond donors (Lipinski definition) is 2. The lowest BCUT2D eigenvalue weighted by Gasteiger charge is -2.22. The summed E-state index contributed by atoms with van der Waals surface area (Å²) >= 11 is 0. The van der Waals surface area contributed by atoms with Crippen LogP contribution in [0, 0.1) is 5.41 Å². The third kappa shape index (κ3) is 3.91. The van der Waals surface area contributed by atoms with Crippen LogP contribution >= 0.6 is 0 Å². The second-order valence-electron chi connectivity index (χ2n) is 8.27. The van der Waals surface area contributed by atoms with Crippen molar-refractivity contribution in [3.8, 4) is 0 Å². The highest BCUT2D eigenvalue weighted by molar-refractivity contribution is 6.05. The van der Waals surface area contributed by atoms with E-state index in [1.807, 2.05) is 7.05 Å². The van der Waals surface area contributed by atoms with Gasteiger partial charge in [0.1, 0.15) is 0 Å². The first-order chi connectivity index (χ1) is 12.4. The minimum atomic E-state index is 0.241. The van der Waals surface area contributed by atoms with E-state index >= 15 is 0 Å². The van der Waals surface area contributed by atoms with Crippen molar-refractivity contribution in [1.29, 1.82) is 0 Å². The minimum Gasteiger partial charge on any atom is -0.385 e. The highest BCUT2D eigenvalue weighted by Crippen LogP contribution is 2.33. The summed E-state index contributed by atoms with van der Waals surface area (Å²) < 4.78 is 0. The molecule has 0 unspecified atom stereocenters. The molecule has 0 saturated carbocycles. The summed E-state index contributed by atoms with van der Waals surface area (Å²) in [4.78, 5) is 0. The van der Waals surface area contributed by atoms with Crippen molar-refractivity contribution < 1.29 is 0 Å². The van der Waals surface area contributed by atoms with Gasteiger partial charge in [-0.1, -0.05) is 75.9 Å². The molecule has 136 valence electrons. The Balaban J connectivity index is 2.09. The van der Waals surface area contributed by atoms with Gasteiger partial charge in [-0.05, 0) is 51.6 Å². The lowest BCUT2D eigenvalue weighted by Crippen LogP contribution is -2.18. The molecule has 0 aliphatic carbocycles. The van der Waals surface area contributed by atoms with Gasteiger partial charge in [0, 0.05) is 18.8 Å². The van der Waals surface area contributed by atoms with E-state index in [4.69, 9.17) is 0 Å². The van der Waals surface area contributed by atoms with Gasteiger partial charge in [-0.25, -0.2) is 0 Å². The first-order valence-electron chi connectivity index (χ1n) is 9.38. The molecule has 3 aromatic rings. The zero-order valence-corrected chi connectivity index (χ0v) is 16.4. The van der Waals surface area contributed by atoms with Gasteiger partial charge < -0.3 is 10.6 Å². The van der Waals surface area contributed by atoms with Crippen LogP contribution in [0.4, 0.5) is 0 Å². The average Bonchev–Trinajstić information content (AvgIpc) is 2.59. The van der Waals surface area contributed by atoms with Crippen LogP contribution in [-0.4, -0.2) is 7.05 Å². The van der Waals surface area contributed by atoms with Crippen molar-refractivity contribution in [2.75, 3.05) is 7.05 Å². The maximum Gasteiger partial charge on any atom is 0.0409 e. The van der Waals surface area contributed by atoms with Crippen LogP contribution in [0.1, 0.15) is 38.3 Å². The molecule has 26 heavy (non-hydrogen) atoms. The fourth-order valence-electron chi connectivity index (χ4n) is 3.78. The van der Waals surface area contributed by atoms with E-state index in [1.165, 1.54) is 32.7 Å². The average molecular weight is 347 g/mol. The molecule has 0 spiro atoms. The molecule has 2 nitrogen and oxygen atoms in total. The van der Waals surface area contributed by atoms with Crippen molar-refractivity contribution in [2.45, 2.75) is 40.3 Å². The van der Waals surface area contributed by atoms with E-state index < -0.39 is 0 Å². The van der Waals surface area contributed by atoms with Gasteiger partial charge in [-0.3, -0.25) is 0 Å². The van der Waals surface area contributed by atoms with Crippen molar-refractivity contribution in [3.63, 3.8) is 0 Å². The summed E-state index contributed by atoms with van der Waals surface area (Å²) in [6.07, 6.45) is 0.973. The summed E-state index contributed by atoms with van der Waals surface area (Å²) in [6, 6.07) is 17.5. The molecule has 0 amide bonds. The smallest absolute Gasteiger partial charge is 0.0409 e. The Morgan fingerprint density at radius 3 is 1.62 bits per heavy atom. The summed E-state index contributed by atoms with van der Waals surface area (Å²) in [5.41, 5.74) is 4.07. The quantitative estimate of drug-likeness (QED) is 0.555. The molecule has 0 heterocycles. The van der Waals surface area contributed by atoms with E-state index in [0.29, 0.717) is 0 Å². The highest BCUT2D eigenvalue weighted by Gasteiger charge is 2.15. The molecule has 0 bridgehead atoms. The van der Waals surface area contributed by atoms with E-state index in [1.54, 1.807) is 0 Å². The Bertz CT molecular complexity index is 875. The molecule has 0 atom stereocenters. The van der Waals surface area contributed by atoms with E-state index in [0.717, 1.165) is 25.2 Å². The van der Waals surface area contributed by atoms with Crippen LogP contribution < -0.4 is 10.6 Å². The Labute approximate surface area is 157 Å². The number of nitrogens with one attached hydrogen (secondary N) is 2. The van der Waals surface area contributed by atoms with Crippen molar-refractivity contribution in [3.05, 3.63) is 71.9 Å². The van der Waals surface area contributed by atoms with Gasteiger partial charge in [0.2, 0.25) is 0 Å². The fourth-order valence-corrected chi connectivity index (χ4v) is 3.78. The highest BCUT2D eigenvalue weighted by atomic mass is 14.9. The molecule has 0 fully saturated rings. The first-order valence-corrected chi connectivity index (χ1v) is 9.38. The predicted molar refractivity (Wildman–Crippen MR) is 114 cm³/mol. The van der Waals surface area contributed by atoms with Gasteiger partial charge in [-0.15, -0.1) is 0 Å². The Morgan fingerprint density at radius 1 is 0.808 bits per heavy atom. The number of rotatable bonds is 6. The molecule has 2 heteroatoms. The van der Waals surface area contributed by atoms with Gasteiger partial charge in [0.05, 0.1) is 0 Å². The predicted octanol–water partition coefficient (Wildman–Crippen LogP) is 5.75. The molecule has 2 N–H and O–H groups in total. The minimum absolute atomic E-state index is 0.241. The molecule has 0 saturated heterocycles. The SMILES string of the molecule is C=C(CC(C)(C)C)NCc1c2ccccc2c(CNC)c2ccccc12. The summed E-state index contributed by atoms with van der Waals surface area (Å²) in [7, 11) is 2.01. The van der Waals surface area contributed by atoms with Crippen LogP contribution in [0.2, 0.25) is 0 Å². The third-order valence-electron chi connectivity index (χ3n) is 4.77. The molecular weight excluding hydrogens is 316 g/mol. The van der Waals surface area contributed by atoms with Crippen LogP contribution in [-0.2, 0) is 13.1 Å². The van der Waals surface area contributed by atoms with Crippen LogP contribution in [0.25, 0.3) is 21.5 Å². The summed E-state index contributed by atoms with van der Waals surface area (Å²) in [5.74, 6) is 0. The maximum absolute atomic E-state index is 4.24. The summed E-state index contributed by atoms with van der Waals surface area (Å²) in [6.45, 7) is 12.7. The van der Waals surface area contributed by atoms with Gasteiger partial charge in [0.15, 0.2) is 0 Å². The van der Waals surface area contributed by atoms with E-state index in [2.05, 4.69) is 86.5 Å². The van der Waals surface area contributed by atoms with Gasteiger partial charge >= 0.3 is 0 Å². The molecule has 0 aliphatic rings. The first kappa shape index (κ1) is 18.5. The maximum atomic E-state index is 4.24. The van der Waals surface area contributed by atoms with Crippen LogP contribution in [0.5, 0.6) is 0 Å². The molecule has 0 aliphatic heterocycles. The molecule has 3 rings (SSSR count). The van der Waals surface area contributed by atoms with Crippen molar-refractivity contribution in [2.24, 2.45) is 5.41 Å². The van der Waals surface area contributed by atoms with E-state index in [-0.39, 0.29) is 5.41 Å². The molecule has 0 radical (unpaired) electrons. The lowest BCUT2D eigenvalue weighted by atomic mass is 9.90. The number of hydrogen-bond acceptors (Lipinski definition) is 2. The van der Waals surface area contributed by atoms with Gasteiger partial charge in [-0.2, -0.15) is 0 Å². The van der Waals surface area contributed by atoms with Crippen molar-refractivity contribution >= 4 is 21.5 Å². The number of fused-ring (bicyclic) bond motifs is 2. The molecule has 0 aromatic heterocycles. The second-order valence-corrected chi connectivity index (χ2v) is 8.27. The standard InChI is InChI=1S/C24H30N2/c1-17(14-24(2,3)4)26-16-23-20-12-8-6-10-18(20)22(15-25-5)19-11-7-9-13-21(19)23/h6-13,25-26H,1,14-16H2,2-5H3. The van der Waals surface area contributed by atoms with Crippen LogP contribution in [0.3, 0.4) is 0 Å². The largest absolute Gasteiger partial charge is 0.385 e.